The fraction of sp³-hybridized carbons (Fsp3) is 0.692. The van der Waals surface area contributed by atoms with Crippen LogP contribution >= 0.6 is 0 Å². The van der Waals surface area contributed by atoms with Gasteiger partial charge in [0.15, 0.2) is 0 Å². The zero-order chi connectivity index (χ0) is 12.3. The lowest BCUT2D eigenvalue weighted by atomic mass is 9.77. The number of hydrogen-bond acceptors (Lipinski definition) is 4. The van der Waals surface area contributed by atoms with E-state index >= 15 is 0 Å². The monoisotopic (exact) mass is 234 g/mol. The number of nitrogens with one attached hydrogen (secondary N) is 1. The first-order chi connectivity index (χ1) is 8.13. The van der Waals surface area contributed by atoms with Crippen molar-refractivity contribution >= 4 is 5.95 Å². The Morgan fingerprint density at radius 1 is 1.35 bits per heavy atom. The van der Waals surface area contributed by atoms with Crippen molar-refractivity contribution in [2.75, 3.05) is 11.9 Å². The minimum absolute atomic E-state index is 0.00175. The van der Waals surface area contributed by atoms with Gasteiger partial charge in [0.05, 0.1) is 5.54 Å². The lowest BCUT2D eigenvalue weighted by Crippen LogP contribution is -2.48. The van der Waals surface area contributed by atoms with Gasteiger partial charge in [-0.1, -0.05) is 6.92 Å². The molecule has 2 rings (SSSR count). The fourth-order valence-corrected chi connectivity index (χ4v) is 2.39. The van der Waals surface area contributed by atoms with Gasteiger partial charge < -0.3 is 11.1 Å². The van der Waals surface area contributed by atoms with E-state index in [0.29, 0.717) is 12.5 Å². The minimum Gasteiger partial charge on any atom is -0.348 e. The average Bonchev–Trinajstić information content (AvgIpc) is 2.35. The Labute approximate surface area is 103 Å². The van der Waals surface area contributed by atoms with Gasteiger partial charge in [-0.2, -0.15) is 0 Å². The number of rotatable bonds is 3. The summed E-state index contributed by atoms with van der Waals surface area (Å²) in [5.74, 6) is 1.52. The quantitative estimate of drug-likeness (QED) is 0.840. The molecule has 1 aliphatic rings. The third-order valence-corrected chi connectivity index (χ3v) is 3.78. The summed E-state index contributed by atoms with van der Waals surface area (Å²) in [4.78, 5) is 8.61. The van der Waals surface area contributed by atoms with Gasteiger partial charge in [-0.05, 0) is 44.1 Å². The highest BCUT2D eigenvalue weighted by molar-refractivity contribution is 5.30. The summed E-state index contributed by atoms with van der Waals surface area (Å²) >= 11 is 0. The van der Waals surface area contributed by atoms with Crippen molar-refractivity contribution in [1.29, 1.82) is 0 Å². The van der Waals surface area contributed by atoms with Crippen molar-refractivity contribution in [2.24, 2.45) is 11.7 Å². The molecule has 94 valence electrons. The van der Waals surface area contributed by atoms with E-state index in [-0.39, 0.29) is 5.54 Å². The third-order valence-electron chi connectivity index (χ3n) is 3.78. The van der Waals surface area contributed by atoms with Crippen molar-refractivity contribution in [2.45, 2.75) is 45.1 Å². The van der Waals surface area contributed by atoms with E-state index in [9.17, 15) is 0 Å². The molecule has 0 radical (unpaired) electrons. The van der Waals surface area contributed by atoms with Gasteiger partial charge in [0.1, 0.15) is 0 Å². The summed E-state index contributed by atoms with van der Waals surface area (Å²) in [6, 6.07) is 0. The summed E-state index contributed by atoms with van der Waals surface area (Å²) in [7, 11) is 0. The molecule has 17 heavy (non-hydrogen) atoms. The van der Waals surface area contributed by atoms with Gasteiger partial charge in [-0.3, -0.25) is 0 Å². The highest BCUT2D eigenvalue weighted by Crippen LogP contribution is 2.33. The molecule has 1 aromatic heterocycles. The highest BCUT2D eigenvalue weighted by Gasteiger charge is 2.33. The molecule has 4 nitrogen and oxygen atoms in total. The van der Waals surface area contributed by atoms with Crippen LogP contribution in [0.15, 0.2) is 12.4 Å². The molecular formula is C13H22N4. The number of nitrogens with two attached hydrogens (primary N) is 1. The van der Waals surface area contributed by atoms with E-state index in [1.54, 1.807) is 0 Å². The summed E-state index contributed by atoms with van der Waals surface area (Å²) in [5.41, 5.74) is 7.02. The highest BCUT2D eigenvalue weighted by atomic mass is 15.1. The van der Waals surface area contributed by atoms with Gasteiger partial charge in [-0.25, -0.2) is 9.97 Å². The van der Waals surface area contributed by atoms with Crippen molar-refractivity contribution in [3.8, 4) is 0 Å². The SMILES string of the molecule is Cc1cnc(NC2(CN)CCC(C)CC2)nc1. The first kappa shape index (κ1) is 12.3. The molecule has 1 heterocycles. The van der Waals surface area contributed by atoms with Crippen molar-refractivity contribution in [3.63, 3.8) is 0 Å². The molecule has 0 atom stereocenters. The number of anilines is 1. The van der Waals surface area contributed by atoms with Crippen LogP contribution in [0.25, 0.3) is 0 Å². The molecule has 0 amide bonds. The van der Waals surface area contributed by atoms with Crippen LogP contribution in [-0.2, 0) is 0 Å². The van der Waals surface area contributed by atoms with Crippen LogP contribution in [0.3, 0.4) is 0 Å². The Hall–Kier alpha value is -1.16. The molecule has 0 aromatic carbocycles. The number of nitrogens with zero attached hydrogens (tertiary/aromatic N) is 2. The Bertz CT molecular complexity index is 352. The fourth-order valence-electron chi connectivity index (χ4n) is 2.39. The molecule has 0 unspecified atom stereocenters. The zero-order valence-corrected chi connectivity index (χ0v) is 10.7. The van der Waals surface area contributed by atoms with Crippen LogP contribution < -0.4 is 11.1 Å². The van der Waals surface area contributed by atoms with Crippen molar-refractivity contribution in [1.82, 2.24) is 9.97 Å². The molecule has 3 N–H and O–H groups in total. The molecule has 0 saturated heterocycles. The molecule has 1 aliphatic carbocycles. The predicted octanol–water partition coefficient (Wildman–Crippen LogP) is 2.10. The second-order valence-electron chi connectivity index (χ2n) is 5.38. The Balaban J connectivity index is 2.06. The number of aromatic nitrogens is 2. The van der Waals surface area contributed by atoms with Gasteiger partial charge in [0, 0.05) is 18.9 Å². The van der Waals surface area contributed by atoms with Crippen molar-refractivity contribution < 1.29 is 0 Å². The Morgan fingerprint density at radius 3 is 2.47 bits per heavy atom. The maximum atomic E-state index is 5.94. The van der Waals surface area contributed by atoms with E-state index in [1.807, 2.05) is 19.3 Å². The van der Waals surface area contributed by atoms with Crippen LogP contribution in [0, 0.1) is 12.8 Å². The normalized spacial score (nSPS) is 29.0. The molecule has 1 aromatic rings. The first-order valence-electron chi connectivity index (χ1n) is 6.40. The maximum Gasteiger partial charge on any atom is 0.223 e. The van der Waals surface area contributed by atoms with E-state index < -0.39 is 0 Å². The topological polar surface area (TPSA) is 63.8 Å². The second-order valence-corrected chi connectivity index (χ2v) is 5.38. The van der Waals surface area contributed by atoms with Crippen LogP contribution in [0.2, 0.25) is 0 Å². The van der Waals surface area contributed by atoms with E-state index in [2.05, 4.69) is 22.2 Å². The first-order valence-corrected chi connectivity index (χ1v) is 6.40. The van der Waals surface area contributed by atoms with Crippen molar-refractivity contribution in [3.05, 3.63) is 18.0 Å². The molecule has 1 fully saturated rings. The van der Waals surface area contributed by atoms with E-state index in [1.165, 1.54) is 12.8 Å². The van der Waals surface area contributed by atoms with Crippen LogP contribution in [-0.4, -0.2) is 22.1 Å². The second kappa shape index (κ2) is 5.00. The maximum absolute atomic E-state index is 5.94. The van der Waals surface area contributed by atoms with E-state index in [4.69, 9.17) is 5.73 Å². The predicted molar refractivity (Wildman–Crippen MR) is 69.8 cm³/mol. The zero-order valence-electron chi connectivity index (χ0n) is 10.7. The summed E-state index contributed by atoms with van der Waals surface area (Å²) < 4.78 is 0. The molecule has 4 heteroatoms. The lowest BCUT2D eigenvalue weighted by molar-refractivity contribution is 0.270. The van der Waals surface area contributed by atoms with Gasteiger partial charge >= 0.3 is 0 Å². The number of hydrogen-bond donors (Lipinski definition) is 2. The summed E-state index contributed by atoms with van der Waals surface area (Å²) in [6.45, 7) is 4.95. The molecular weight excluding hydrogens is 212 g/mol. The molecule has 0 bridgehead atoms. The van der Waals surface area contributed by atoms with Crippen LogP contribution in [0.1, 0.15) is 38.2 Å². The largest absolute Gasteiger partial charge is 0.348 e. The van der Waals surface area contributed by atoms with Crippen LogP contribution in [0.4, 0.5) is 5.95 Å². The number of aryl methyl sites for hydroxylation is 1. The smallest absolute Gasteiger partial charge is 0.223 e. The Morgan fingerprint density at radius 2 is 1.94 bits per heavy atom. The molecule has 0 spiro atoms. The molecule has 0 aliphatic heterocycles. The summed E-state index contributed by atoms with van der Waals surface area (Å²) in [6.07, 6.45) is 8.37. The third kappa shape index (κ3) is 2.94. The van der Waals surface area contributed by atoms with Gasteiger partial charge in [0.2, 0.25) is 5.95 Å². The average molecular weight is 234 g/mol. The Kier molecular flexibility index (Phi) is 3.62. The standard InChI is InChI=1S/C13H22N4/c1-10-3-5-13(9-14,6-4-10)17-12-15-7-11(2)8-16-12/h7-8,10H,3-6,9,14H2,1-2H3,(H,15,16,17). The van der Waals surface area contributed by atoms with Crippen LogP contribution in [0.5, 0.6) is 0 Å². The van der Waals surface area contributed by atoms with E-state index in [0.717, 1.165) is 24.3 Å². The molecule has 1 saturated carbocycles. The van der Waals surface area contributed by atoms with Gasteiger partial charge in [0.25, 0.3) is 0 Å². The van der Waals surface area contributed by atoms with Gasteiger partial charge in [-0.15, -0.1) is 0 Å². The summed E-state index contributed by atoms with van der Waals surface area (Å²) in [5, 5.41) is 3.44. The minimum atomic E-state index is 0.00175. The lowest BCUT2D eigenvalue weighted by Gasteiger charge is -2.39.